The number of hydrogen-bond donors (Lipinski definition) is 1. The van der Waals surface area contributed by atoms with Crippen LogP contribution >= 0.6 is 11.8 Å². The zero-order valence-corrected chi connectivity index (χ0v) is 15.5. The first-order valence-electron chi connectivity index (χ1n) is 7.16. The Balaban J connectivity index is 2.97. The van der Waals surface area contributed by atoms with Gasteiger partial charge in [-0.15, -0.1) is 0 Å². The topological polar surface area (TPSA) is 83.6 Å². The summed E-state index contributed by atoms with van der Waals surface area (Å²) in [6.45, 7) is 7.67. The summed E-state index contributed by atoms with van der Waals surface area (Å²) in [7, 11) is -7.03. The van der Waals surface area contributed by atoms with E-state index in [9.17, 15) is 16.8 Å². The highest BCUT2D eigenvalue weighted by atomic mass is 32.2. The minimum absolute atomic E-state index is 0.0388. The molecular formula is C12H26N2O4S3. The van der Waals surface area contributed by atoms with Gasteiger partial charge in [-0.1, -0.05) is 20.8 Å². The zero-order valence-electron chi connectivity index (χ0n) is 13.1. The normalized spacial score (nSPS) is 23.4. The Hall–Kier alpha value is 0.170. The van der Waals surface area contributed by atoms with Crippen LogP contribution in [0.2, 0.25) is 0 Å². The van der Waals surface area contributed by atoms with Crippen LogP contribution in [0.1, 0.15) is 27.7 Å². The second kappa shape index (κ2) is 7.63. The minimum Gasteiger partial charge on any atom is -0.313 e. The number of nitrogens with one attached hydrogen (secondary N) is 1. The van der Waals surface area contributed by atoms with Crippen LogP contribution in [0.3, 0.4) is 0 Å². The van der Waals surface area contributed by atoms with E-state index in [1.54, 1.807) is 13.8 Å². The first-order chi connectivity index (χ1) is 9.63. The third-order valence-electron chi connectivity index (χ3n) is 3.50. The highest BCUT2D eigenvalue weighted by molar-refractivity contribution is 8.01. The maximum absolute atomic E-state index is 12.7. The molecule has 0 saturated carbocycles. The van der Waals surface area contributed by atoms with Crippen molar-refractivity contribution in [3.05, 3.63) is 0 Å². The molecule has 0 spiro atoms. The molecule has 9 heteroatoms. The van der Waals surface area contributed by atoms with E-state index in [0.717, 1.165) is 0 Å². The number of nitrogens with zero attached hydrogens (tertiary/aromatic N) is 1. The van der Waals surface area contributed by atoms with Gasteiger partial charge in [-0.2, -0.15) is 16.1 Å². The Bertz CT molecular complexity index is 531. The Morgan fingerprint density at radius 3 is 2.38 bits per heavy atom. The number of rotatable bonds is 7. The van der Waals surface area contributed by atoms with E-state index in [-0.39, 0.29) is 18.3 Å². The molecule has 1 rings (SSSR count). The van der Waals surface area contributed by atoms with Crippen LogP contribution in [-0.2, 0) is 19.9 Å². The standard InChI is InChI=1S/C12H26N2O4S3/c1-5-20(15,16)12-9-19-7-6-14(12)21(17,18)11(4)8-13-10(2)3/h10-13H,5-9H2,1-4H3. The molecule has 0 amide bonds. The van der Waals surface area contributed by atoms with Crippen LogP contribution < -0.4 is 5.32 Å². The second-order valence-corrected chi connectivity index (χ2v) is 11.4. The molecule has 2 unspecified atom stereocenters. The van der Waals surface area contributed by atoms with Gasteiger partial charge < -0.3 is 5.32 Å². The summed E-state index contributed by atoms with van der Waals surface area (Å²) in [5, 5.41) is 1.53. The van der Waals surface area contributed by atoms with Gasteiger partial charge in [0.25, 0.3) is 0 Å². The lowest BCUT2D eigenvalue weighted by atomic mass is 10.3. The van der Waals surface area contributed by atoms with Crippen molar-refractivity contribution in [2.75, 3.05) is 30.3 Å². The molecule has 1 aliphatic heterocycles. The van der Waals surface area contributed by atoms with Gasteiger partial charge in [0.1, 0.15) is 5.37 Å². The Kier molecular flexibility index (Phi) is 6.98. The fourth-order valence-corrected chi connectivity index (χ4v) is 7.39. The number of sulfone groups is 1. The summed E-state index contributed by atoms with van der Waals surface area (Å²) in [6.07, 6.45) is 0. The highest BCUT2D eigenvalue weighted by Gasteiger charge is 2.41. The predicted octanol–water partition coefficient (Wildman–Crippen LogP) is 0.512. The molecule has 0 radical (unpaired) electrons. The molecule has 1 saturated heterocycles. The molecule has 21 heavy (non-hydrogen) atoms. The first-order valence-corrected chi connectivity index (χ1v) is 11.5. The summed E-state index contributed by atoms with van der Waals surface area (Å²) in [5.41, 5.74) is 0. The van der Waals surface area contributed by atoms with Crippen LogP contribution in [0.15, 0.2) is 0 Å². The van der Waals surface area contributed by atoms with Gasteiger partial charge in [-0.25, -0.2) is 16.8 Å². The van der Waals surface area contributed by atoms with E-state index in [4.69, 9.17) is 0 Å². The molecule has 1 fully saturated rings. The zero-order chi connectivity index (χ0) is 16.3. The molecule has 2 atom stereocenters. The van der Waals surface area contributed by atoms with Gasteiger partial charge in [0.15, 0.2) is 9.84 Å². The smallest absolute Gasteiger partial charge is 0.219 e. The molecule has 0 bridgehead atoms. The summed E-state index contributed by atoms with van der Waals surface area (Å²) in [6, 6.07) is 0.190. The van der Waals surface area contributed by atoms with Crippen molar-refractivity contribution in [3.8, 4) is 0 Å². The number of sulfonamides is 1. The number of thioether (sulfide) groups is 1. The fraction of sp³-hybridized carbons (Fsp3) is 1.00. The molecule has 0 aromatic carbocycles. The third-order valence-corrected chi connectivity index (χ3v) is 9.20. The van der Waals surface area contributed by atoms with Crippen molar-refractivity contribution in [2.45, 2.75) is 44.4 Å². The van der Waals surface area contributed by atoms with Gasteiger partial charge in [-0.3, -0.25) is 0 Å². The van der Waals surface area contributed by atoms with Crippen molar-refractivity contribution in [2.24, 2.45) is 0 Å². The molecular weight excluding hydrogens is 332 g/mol. The van der Waals surface area contributed by atoms with Gasteiger partial charge >= 0.3 is 0 Å². The SMILES string of the molecule is CCS(=O)(=O)C1CSCCN1S(=O)(=O)C(C)CNC(C)C. The summed E-state index contributed by atoms with van der Waals surface area (Å²) < 4.78 is 50.9. The van der Waals surface area contributed by atoms with Crippen molar-refractivity contribution in [3.63, 3.8) is 0 Å². The van der Waals surface area contributed by atoms with E-state index < -0.39 is 30.5 Å². The van der Waals surface area contributed by atoms with Crippen molar-refractivity contribution < 1.29 is 16.8 Å². The van der Waals surface area contributed by atoms with E-state index in [0.29, 0.717) is 18.1 Å². The van der Waals surface area contributed by atoms with Gasteiger partial charge in [0, 0.05) is 36.4 Å². The van der Waals surface area contributed by atoms with E-state index >= 15 is 0 Å². The Morgan fingerprint density at radius 2 is 1.86 bits per heavy atom. The van der Waals surface area contributed by atoms with Crippen molar-refractivity contribution in [1.82, 2.24) is 9.62 Å². The average molecular weight is 359 g/mol. The predicted molar refractivity (Wildman–Crippen MR) is 88.8 cm³/mol. The molecule has 0 aromatic heterocycles. The molecule has 1 heterocycles. The maximum atomic E-state index is 12.7. The van der Waals surface area contributed by atoms with Gasteiger partial charge in [-0.05, 0) is 6.92 Å². The lowest BCUT2D eigenvalue weighted by molar-refractivity contribution is 0.395. The molecule has 0 aromatic rings. The monoisotopic (exact) mass is 358 g/mol. The van der Waals surface area contributed by atoms with Crippen LogP contribution in [0, 0.1) is 0 Å². The minimum atomic E-state index is -3.62. The summed E-state index contributed by atoms with van der Waals surface area (Å²) >= 11 is 1.49. The highest BCUT2D eigenvalue weighted by Crippen LogP contribution is 2.26. The summed E-state index contributed by atoms with van der Waals surface area (Å²) in [5.74, 6) is 0.919. The maximum Gasteiger partial charge on any atom is 0.219 e. The summed E-state index contributed by atoms with van der Waals surface area (Å²) in [4.78, 5) is 0. The van der Waals surface area contributed by atoms with Crippen LogP contribution in [0.5, 0.6) is 0 Å². The van der Waals surface area contributed by atoms with Crippen LogP contribution in [0.25, 0.3) is 0 Å². The second-order valence-electron chi connectivity index (χ2n) is 5.51. The fourth-order valence-electron chi connectivity index (χ4n) is 2.07. The third kappa shape index (κ3) is 4.82. The average Bonchev–Trinajstić information content (AvgIpc) is 2.44. The molecule has 1 N–H and O–H groups in total. The largest absolute Gasteiger partial charge is 0.313 e. The van der Waals surface area contributed by atoms with Crippen LogP contribution in [0.4, 0.5) is 0 Å². The molecule has 126 valence electrons. The molecule has 0 aliphatic carbocycles. The van der Waals surface area contributed by atoms with E-state index in [1.807, 2.05) is 13.8 Å². The van der Waals surface area contributed by atoms with Gasteiger partial charge in [0.05, 0.1) is 5.25 Å². The quantitative estimate of drug-likeness (QED) is 0.714. The lowest BCUT2D eigenvalue weighted by Gasteiger charge is -2.35. The molecule has 6 nitrogen and oxygen atoms in total. The van der Waals surface area contributed by atoms with Gasteiger partial charge in [0.2, 0.25) is 10.0 Å². The van der Waals surface area contributed by atoms with Crippen molar-refractivity contribution >= 4 is 31.6 Å². The first kappa shape index (κ1) is 19.2. The van der Waals surface area contributed by atoms with E-state index in [1.165, 1.54) is 16.1 Å². The van der Waals surface area contributed by atoms with Crippen LogP contribution in [-0.4, -0.2) is 68.2 Å². The van der Waals surface area contributed by atoms with Crippen molar-refractivity contribution in [1.29, 1.82) is 0 Å². The Morgan fingerprint density at radius 1 is 1.24 bits per heavy atom. The number of hydrogen-bond acceptors (Lipinski definition) is 6. The lowest BCUT2D eigenvalue weighted by Crippen LogP contribution is -2.54. The molecule has 1 aliphatic rings. The van der Waals surface area contributed by atoms with E-state index in [2.05, 4.69) is 5.32 Å². The Labute approximate surface area is 133 Å².